The maximum Gasteiger partial charge on any atom is 0.119 e. The fraction of sp³-hybridized carbons (Fsp3) is 0.571. The Morgan fingerprint density at radius 2 is 1.84 bits per heavy atom. The van der Waals surface area contributed by atoms with Gasteiger partial charge in [0.15, 0.2) is 0 Å². The second-order valence-corrected chi connectivity index (χ2v) is 5.79. The number of aliphatic hydroxyl groups excluding tert-OH is 2. The molecule has 0 aromatic heterocycles. The lowest BCUT2D eigenvalue weighted by molar-refractivity contribution is 0.113. The first-order valence-corrected chi connectivity index (χ1v) is 7.57. The van der Waals surface area contributed by atoms with E-state index in [0.717, 1.165) is 11.3 Å². The summed E-state index contributed by atoms with van der Waals surface area (Å²) in [5.41, 5.74) is 7.11. The molecule has 1 aromatic carbocycles. The van der Waals surface area contributed by atoms with Gasteiger partial charge in [-0.05, 0) is 31.5 Å². The van der Waals surface area contributed by atoms with Crippen LogP contribution < -0.4 is 10.5 Å². The molecule has 0 spiro atoms. The van der Waals surface area contributed by atoms with Crippen molar-refractivity contribution in [3.8, 4) is 5.75 Å². The zero-order valence-electron chi connectivity index (χ0n) is 11.5. The van der Waals surface area contributed by atoms with E-state index in [1.54, 1.807) is 0 Å². The number of benzene rings is 1. The zero-order chi connectivity index (χ0) is 14.3. The van der Waals surface area contributed by atoms with Gasteiger partial charge in [-0.2, -0.15) is 11.8 Å². The van der Waals surface area contributed by atoms with Crippen molar-refractivity contribution < 1.29 is 14.9 Å². The van der Waals surface area contributed by atoms with Crippen molar-refractivity contribution in [1.82, 2.24) is 0 Å². The largest absolute Gasteiger partial charge is 0.491 e. The Kier molecular flexibility index (Phi) is 7.23. The van der Waals surface area contributed by atoms with Gasteiger partial charge in [0.2, 0.25) is 0 Å². The number of ether oxygens (including phenoxy) is 1. The van der Waals surface area contributed by atoms with E-state index < -0.39 is 6.10 Å². The standard InChI is InChI=1S/C14H23NO3S/c1-10(2)18-13-5-3-11(4-6-13)14(15)9-19-8-12(17)7-16/h3-6,10,12,14,16-17H,7-9,15H2,1-2H3. The molecule has 5 heteroatoms. The highest BCUT2D eigenvalue weighted by molar-refractivity contribution is 7.99. The average molecular weight is 285 g/mol. The molecule has 0 aliphatic heterocycles. The first kappa shape index (κ1) is 16.3. The molecule has 4 nitrogen and oxygen atoms in total. The summed E-state index contributed by atoms with van der Waals surface area (Å²) in [5.74, 6) is 2.05. The third-order valence-electron chi connectivity index (χ3n) is 2.50. The number of hydrogen-bond acceptors (Lipinski definition) is 5. The maximum atomic E-state index is 9.23. The summed E-state index contributed by atoms with van der Waals surface area (Å²) in [6, 6.07) is 7.69. The van der Waals surface area contributed by atoms with Crippen LogP contribution >= 0.6 is 11.8 Å². The molecular weight excluding hydrogens is 262 g/mol. The minimum absolute atomic E-state index is 0.0796. The zero-order valence-corrected chi connectivity index (χ0v) is 12.3. The van der Waals surface area contributed by atoms with E-state index in [9.17, 15) is 5.11 Å². The molecule has 0 radical (unpaired) electrons. The van der Waals surface area contributed by atoms with E-state index >= 15 is 0 Å². The summed E-state index contributed by atoms with van der Waals surface area (Å²) in [5, 5.41) is 17.9. The molecule has 0 fully saturated rings. The first-order valence-electron chi connectivity index (χ1n) is 6.41. The van der Waals surface area contributed by atoms with Gasteiger partial charge in [-0.25, -0.2) is 0 Å². The van der Waals surface area contributed by atoms with Crippen molar-refractivity contribution in [3.63, 3.8) is 0 Å². The highest BCUT2D eigenvalue weighted by Crippen LogP contribution is 2.20. The van der Waals surface area contributed by atoms with Crippen LogP contribution in [-0.4, -0.2) is 40.5 Å². The molecule has 0 saturated heterocycles. The van der Waals surface area contributed by atoms with Crippen LogP contribution in [0.25, 0.3) is 0 Å². The number of thioether (sulfide) groups is 1. The van der Waals surface area contributed by atoms with Crippen molar-refractivity contribution in [2.75, 3.05) is 18.1 Å². The van der Waals surface area contributed by atoms with Gasteiger partial charge in [0.1, 0.15) is 5.75 Å². The SMILES string of the molecule is CC(C)Oc1ccc(C(N)CSCC(O)CO)cc1. The van der Waals surface area contributed by atoms with E-state index in [1.807, 2.05) is 38.1 Å². The Balaban J connectivity index is 2.42. The smallest absolute Gasteiger partial charge is 0.119 e. The molecular formula is C14H23NO3S. The van der Waals surface area contributed by atoms with Crippen LogP contribution in [0.15, 0.2) is 24.3 Å². The molecule has 1 aromatic rings. The molecule has 108 valence electrons. The van der Waals surface area contributed by atoms with Crippen molar-refractivity contribution in [2.24, 2.45) is 5.73 Å². The number of hydrogen-bond donors (Lipinski definition) is 3. The molecule has 19 heavy (non-hydrogen) atoms. The normalized spacial score (nSPS) is 14.4. The molecule has 2 unspecified atom stereocenters. The number of nitrogens with two attached hydrogens (primary N) is 1. The molecule has 0 bridgehead atoms. The second-order valence-electron chi connectivity index (χ2n) is 4.72. The van der Waals surface area contributed by atoms with Crippen molar-refractivity contribution >= 4 is 11.8 Å². The quantitative estimate of drug-likeness (QED) is 0.676. The first-order chi connectivity index (χ1) is 9.02. The molecule has 0 heterocycles. The van der Waals surface area contributed by atoms with Gasteiger partial charge in [-0.15, -0.1) is 0 Å². The maximum absolute atomic E-state index is 9.23. The van der Waals surface area contributed by atoms with Crippen LogP contribution in [0.5, 0.6) is 5.75 Å². The van der Waals surface area contributed by atoms with Crippen molar-refractivity contribution in [1.29, 1.82) is 0 Å². The summed E-state index contributed by atoms with van der Waals surface area (Å²) in [4.78, 5) is 0. The Hall–Kier alpha value is -0.750. The summed E-state index contributed by atoms with van der Waals surface area (Å²) in [6.07, 6.45) is -0.505. The topological polar surface area (TPSA) is 75.7 Å². The van der Waals surface area contributed by atoms with Crippen LogP contribution in [0.1, 0.15) is 25.5 Å². The summed E-state index contributed by atoms with van der Waals surface area (Å²) < 4.78 is 5.57. The summed E-state index contributed by atoms with van der Waals surface area (Å²) in [6.45, 7) is 3.77. The lowest BCUT2D eigenvalue weighted by Gasteiger charge is -2.14. The fourth-order valence-electron chi connectivity index (χ4n) is 1.55. The number of rotatable bonds is 8. The van der Waals surface area contributed by atoms with Crippen LogP contribution in [-0.2, 0) is 0 Å². The molecule has 0 aliphatic rings. The monoisotopic (exact) mass is 285 g/mol. The molecule has 4 N–H and O–H groups in total. The number of aliphatic hydroxyl groups is 2. The van der Waals surface area contributed by atoms with Gasteiger partial charge in [0.25, 0.3) is 0 Å². The Morgan fingerprint density at radius 1 is 1.21 bits per heavy atom. The third-order valence-corrected chi connectivity index (χ3v) is 3.71. The van der Waals surface area contributed by atoms with E-state index in [1.165, 1.54) is 11.8 Å². The van der Waals surface area contributed by atoms with Crippen LogP contribution in [0, 0.1) is 0 Å². The van der Waals surface area contributed by atoms with Gasteiger partial charge in [-0.1, -0.05) is 12.1 Å². The van der Waals surface area contributed by atoms with E-state index in [-0.39, 0.29) is 18.8 Å². The van der Waals surface area contributed by atoms with E-state index in [4.69, 9.17) is 15.6 Å². The van der Waals surface area contributed by atoms with Crippen LogP contribution in [0.4, 0.5) is 0 Å². The van der Waals surface area contributed by atoms with E-state index in [2.05, 4.69) is 0 Å². The second kappa shape index (κ2) is 8.43. The average Bonchev–Trinajstić information content (AvgIpc) is 2.38. The molecule has 0 amide bonds. The van der Waals surface area contributed by atoms with Crippen molar-refractivity contribution in [2.45, 2.75) is 32.1 Å². The van der Waals surface area contributed by atoms with Gasteiger partial charge < -0.3 is 20.7 Å². The van der Waals surface area contributed by atoms with E-state index in [0.29, 0.717) is 11.5 Å². The van der Waals surface area contributed by atoms with Gasteiger partial charge in [0.05, 0.1) is 18.8 Å². The van der Waals surface area contributed by atoms with Gasteiger partial charge in [-0.3, -0.25) is 0 Å². The third kappa shape index (κ3) is 6.29. The fourth-order valence-corrected chi connectivity index (χ4v) is 2.51. The Labute approximate surface area is 119 Å². The van der Waals surface area contributed by atoms with Gasteiger partial charge >= 0.3 is 0 Å². The lowest BCUT2D eigenvalue weighted by Crippen LogP contribution is -2.18. The molecule has 1 rings (SSSR count). The highest BCUT2D eigenvalue weighted by Gasteiger charge is 2.08. The van der Waals surface area contributed by atoms with Crippen LogP contribution in [0.2, 0.25) is 0 Å². The van der Waals surface area contributed by atoms with Crippen LogP contribution in [0.3, 0.4) is 0 Å². The minimum atomic E-state index is -0.668. The molecule has 0 aliphatic carbocycles. The predicted molar refractivity (Wildman–Crippen MR) is 79.6 cm³/mol. The molecule has 2 atom stereocenters. The highest BCUT2D eigenvalue weighted by atomic mass is 32.2. The lowest BCUT2D eigenvalue weighted by atomic mass is 10.1. The minimum Gasteiger partial charge on any atom is -0.491 e. The summed E-state index contributed by atoms with van der Waals surface area (Å²) in [7, 11) is 0. The van der Waals surface area contributed by atoms with Gasteiger partial charge in [0, 0.05) is 17.5 Å². The van der Waals surface area contributed by atoms with Crippen molar-refractivity contribution in [3.05, 3.63) is 29.8 Å². The predicted octanol–water partition coefficient (Wildman–Crippen LogP) is 1.56. The Bertz CT molecular complexity index is 356. The summed E-state index contributed by atoms with van der Waals surface area (Å²) >= 11 is 1.54. The Morgan fingerprint density at radius 3 is 2.37 bits per heavy atom. The molecule has 0 saturated carbocycles.